The van der Waals surface area contributed by atoms with Crippen LogP contribution in [0.1, 0.15) is 31.2 Å². The minimum atomic E-state index is 0. The Labute approximate surface area is 158 Å². The topological polar surface area (TPSA) is 67.2 Å². The molecule has 1 aliphatic rings. The Kier molecular flexibility index (Phi) is 8.22. The summed E-state index contributed by atoms with van der Waals surface area (Å²) < 4.78 is 5.68. The summed E-state index contributed by atoms with van der Waals surface area (Å²) in [6.45, 7) is 5.00. The first kappa shape index (κ1) is 21.0. The van der Waals surface area contributed by atoms with Crippen molar-refractivity contribution in [2.24, 2.45) is 0 Å². The van der Waals surface area contributed by atoms with Crippen LogP contribution in [0.3, 0.4) is 0 Å². The largest absolute Gasteiger partial charge is 0.440 e. The quantitative estimate of drug-likeness (QED) is 0.838. The number of nitrogens with one attached hydrogen (secondary N) is 2. The number of nitrogens with zero attached hydrogens (tertiary/aromatic N) is 1. The van der Waals surface area contributed by atoms with E-state index in [1.807, 2.05) is 24.4 Å². The van der Waals surface area contributed by atoms with Gasteiger partial charge in [0.25, 0.3) is 0 Å². The van der Waals surface area contributed by atoms with Gasteiger partial charge in [-0.2, -0.15) is 0 Å². The summed E-state index contributed by atoms with van der Waals surface area (Å²) in [4.78, 5) is 17.7. The van der Waals surface area contributed by atoms with Crippen LogP contribution in [-0.2, 0) is 11.2 Å². The standard InChI is InChI=1S/C16H21N3O2S.2ClH/c1-10-12(5-3-7-17-10)18-15(20)9-13-11(2)21-16(19-13)14-6-4-8-22-14;;/h4,6,8,10,12,17H,3,5,7,9H2,1-2H3,(H,18,20);2*1H. The fourth-order valence-electron chi connectivity index (χ4n) is 2.75. The van der Waals surface area contributed by atoms with Crippen molar-refractivity contribution in [2.75, 3.05) is 6.54 Å². The molecule has 0 radical (unpaired) electrons. The monoisotopic (exact) mass is 391 g/mol. The Morgan fingerprint density at radius 3 is 2.96 bits per heavy atom. The van der Waals surface area contributed by atoms with Crippen LogP contribution in [0.15, 0.2) is 21.9 Å². The normalized spacial score (nSPS) is 19.9. The molecule has 1 aliphatic heterocycles. The molecule has 1 fully saturated rings. The Balaban J connectivity index is 0.00000144. The first-order valence-corrected chi connectivity index (χ1v) is 8.54. The number of aromatic nitrogens is 1. The van der Waals surface area contributed by atoms with Crippen LogP contribution in [-0.4, -0.2) is 29.5 Å². The number of carbonyl (C=O) groups excluding carboxylic acids is 1. The molecule has 8 heteroatoms. The van der Waals surface area contributed by atoms with Crippen molar-refractivity contribution in [3.63, 3.8) is 0 Å². The highest BCUT2D eigenvalue weighted by Crippen LogP contribution is 2.26. The van der Waals surface area contributed by atoms with Crippen molar-refractivity contribution >= 4 is 42.1 Å². The van der Waals surface area contributed by atoms with Gasteiger partial charge in [-0.25, -0.2) is 4.98 Å². The molecule has 2 aromatic rings. The second-order valence-electron chi connectivity index (χ2n) is 5.74. The highest BCUT2D eigenvalue weighted by molar-refractivity contribution is 7.13. The second kappa shape index (κ2) is 9.42. The van der Waals surface area contributed by atoms with E-state index in [9.17, 15) is 4.79 Å². The van der Waals surface area contributed by atoms with E-state index in [2.05, 4.69) is 22.5 Å². The van der Waals surface area contributed by atoms with Crippen LogP contribution in [0.25, 0.3) is 10.8 Å². The van der Waals surface area contributed by atoms with Crippen LogP contribution in [0.5, 0.6) is 0 Å². The molecule has 134 valence electrons. The summed E-state index contributed by atoms with van der Waals surface area (Å²) in [5.41, 5.74) is 0.720. The van der Waals surface area contributed by atoms with Gasteiger partial charge < -0.3 is 15.1 Å². The Morgan fingerprint density at radius 2 is 2.29 bits per heavy atom. The van der Waals surface area contributed by atoms with E-state index in [-0.39, 0.29) is 43.2 Å². The SMILES string of the molecule is Cc1oc(-c2cccs2)nc1CC(=O)NC1CCCNC1C.Cl.Cl. The number of thiophene rings is 1. The van der Waals surface area contributed by atoms with E-state index in [1.54, 1.807) is 11.3 Å². The van der Waals surface area contributed by atoms with Crippen LogP contribution in [0, 0.1) is 6.92 Å². The first-order valence-electron chi connectivity index (χ1n) is 7.66. The molecule has 2 N–H and O–H groups in total. The highest BCUT2D eigenvalue weighted by atomic mass is 35.5. The first-order chi connectivity index (χ1) is 10.6. The predicted octanol–water partition coefficient (Wildman–Crippen LogP) is 3.35. The minimum absolute atomic E-state index is 0. The Hall–Kier alpha value is -1.08. The summed E-state index contributed by atoms with van der Waals surface area (Å²) >= 11 is 1.58. The summed E-state index contributed by atoms with van der Waals surface area (Å²) in [5, 5.41) is 8.48. The van der Waals surface area contributed by atoms with E-state index in [4.69, 9.17) is 4.42 Å². The lowest BCUT2D eigenvalue weighted by atomic mass is 9.99. The van der Waals surface area contributed by atoms with Crippen molar-refractivity contribution in [1.82, 2.24) is 15.6 Å². The number of hydrogen-bond acceptors (Lipinski definition) is 5. The number of carbonyl (C=O) groups is 1. The van der Waals surface area contributed by atoms with Gasteiger partial charge in [0.15, 0.2) is 0 Å². The van der Waals surface area contributed by atoms with Gasteiger partial charge >= 0.3 is 0 Å². The van der Waals surface area contributed by atoms with Gasteiger partial charge in [-0.1, -0.05) is 6.07 Å². The maximum absolute atomic E-state index is 12.3. The fraction of sp³-hybridized carbons (Fsp3) is 0.500. The van der Waals surface area contributed by atoms with Gasteiger partial charge in [-0.3, -0.25) is 4.79 Å². The molecule has 2 atom stereocenters. The molecule has 5 nitrogen and oxygen atoms in total. The number of aryl methyl sites for hydroxylation is 1. The van der Waals surface area contributed by atoms with E-state index in [1.165, 1.54) is 0 Å². The maximum atomic E-state index is 12.3. The zero-order valence-corrected chi connectivity index (χ0v) is 16.2. The zero-order chi connectivity index (χ0) is 15.5. The molecular formula is C16H23Cl2N3O2S. The van der Waals surface area contributed by atoms with Crippen molar-refractivity contribution in [3.8, 4) is 10.8 Å². The second-order valence-corrected chi connectivity index (χ2v) is 6.68. The van der Waals surface area contributed by atoms with Gasteiger partial charge in [-0.15, -0.1) is 36.2 Å². The molecule has 1 saturated heterocycles. The molecular weight excluding hydrogens is 369 g/mol. The maximum Gasteiger partial charge on any atom is 0.236 e. The number of rotatable bonds is 4. The average Bonchev–Trinajstić information content (AvgIpc) is 3.12. The van der Waals surface area contributed by atoms with Crippen LogP contribution in [0.2, 0.25) is 0 Å². The number of piperidine rings is 1. The molecule has 3 rings (SSSR count). The smallest absolute Gasteiger partial charge is 0.236 e. The Bertz CT molecular complexity index is 646. The van der Waals surface area contributed by atoms with Gasteiger partial charge in [0.2, 0.25) is 11.8 Å². The summed E-state index contributed by atoms with van der Waals surface area (Å²) in [6, 6.07) is 4.45. The molecule has 2 unspecified atom stereocenters. The molecule has 0 aliphatic carbocycles. The molecule has 24 heavy (non-hydrogen) atoms. The van der Waals surface area contributed by atoms with Gasteiger partial charge in [-0.05, 0) is 44.7 Å². The number of hydrogen-bond donors (Lipinski definition) is 2. The fourth-order valence-corrected chi connectivity index (χ4v) is 3.40. The van der Waals surface area contributed by atoms with Gasteiger partial charge in [0.05, 0.1) is 17.0 Å². The number of halogens is 2. The lowest BCUT2D eigenvalue weighted by Crippen LogP contribution is -2.52. The molecule has 3 heterocycles. The molecule has 0 aromatic carbocycles. The molecule has 0 bridgehead atoms. The van der Waals surface area contributed by atoms with E-state index >= 15 is 0 Å². The van der Waals surface area contributed by atoms with E-state index < -0.39 is 0 Å². The summed E-state index contributed by atoms with van der Waals surface area (Å²) in [5.74, 6) is 1.33. The number of amides is 1. The van der Waals surface area contributed by atoms with E-state index in [0.29, 0.717) is 17.7 Å². The average molecular weight is 392 g/mol. The molecule has 0 spiro atoms. The van der Waals surface area contributed by atoms with Crippen molar-refractivity contribution in [3.05, 3.63) is 29.0 Å². The Morgan fingerprint density at radius 1 is 1.50 bits per heavy atom. The molecule has 1 amide bonds. The zero-order valence-electron chi connectivity index (χ0n) is 13.7. The third kappa shape index (κ3) is 4.96. The van der Waals surface area contributed by atoms with Crippen LogP contribution >= 0.6 is 36.2 Å². The van der Waals surface area contributed by atoms with Gasteiger partial charge in [0.1, 0.15) is 5.76 Å². The summed E-state index contributed by atoms with van der Waals surface area (Å²) in [7, 11) is 0. The predicted molar refractivity (Wildman–Crippen MR) is 101 cm³/mol. The number of oxazole rings is 1. The van der Waals surface area contributed by atoms with E-state index in [0.717, 1.165) is 30.0 Å². The highest BCUT2D eigenvalue weighted by Gasteiger charge is 2.23. The third-order valence-electron chi connectivity index (χ3n) is 4.06. The van der Waals surface area contributed by atoms with Crippen LogP contribution in [0.4, 0.5) is 0 Å². The molecule has 0 saturated carbocycles. The lowest BCUT2D eigenvalue weighted by Gasteiger charge is -2.30. The van der Waals surface area contributed by atoms with Crippen molar-refractivity contribution in [2.45, 2.75) is 45.2 Å². The minimum Gasteiger partial charge on any atom is -0.440 e. The van der Waals surface area contributed by atoms with Crippen molar-refractivity contribution < 1.29 is 9.21 Å². The van der Waals surface area contributed by atoms with Gasteiger partial charge in [0, 0.05) is 12.1 Å². The molecule has 2 aromatic heterocycles. The lowest BCUT2D eigenvalue weighted by molar-refractivity contribution is -0.121. The third-order valence-corrected chi connectivity index (χ3v) is 4.92. The summed E-state index contributed by atoms with van der Waals surface area (Å²) in [6.07, 6.45) is 2.39. The van der Waals surface area contributed by atoms with Crippen molar-refractivity contribution in [1.29, 1.82) is 0 Å². The van der Waals surface area contributed by atoms with Crippen LogP contribution < -0.4 is 10.6 Å².